The van der Waals surface area contributed by atoms with E-state index >= 15 is 0 Å². The molecule has 1 heterocycles. The fourth-order valence-electron chi connectivity index (χ4n) is 4.35. The fraction of sp³-hybridized carbons (Fsp3) is 0.286. The third kappa shape index (κ3) is 4.45. The minimum Gasteiger partial charge on any atom is -0.490 e. The molecule has 1 atom stereocenters. The molecule has 0 aromatic heterocycles. The monoisotopic (exact) mass is 382 g/mol. The maximum Gasteiger partial charge on any atom is 0.135 e. The van der Waals surface area contributed by atoms with Gasteiger partial charge in [-0.3, -0.25) is 0 Å². The molecule has 1 unspecified atom stereocenters. The second-order valence-corrected chi connectivity index (χ2v) is 8.35. The van der Waals surface area contributed by atoms with Gasteiger partial charge in [0.15, 0.2) is 0 Å². The lowest BCUT2D eigenvalue weighted by atomic mass is 9.86. The Bertz CT molecular complexity index is 1110. The summed E-state index contributed by atoms with van der Waals surface area (Å²) in [5.74, 6) is 0. The van der Waals surface area contributed by atoms with Crippen LogP contribution in [0.2, 0.25) is 0 Å². The van der Waals surface area contributed by atoms with Crippen molar-refractivity contribution in [3.8, 4) is 0 Å². The molecule has 2 aliphatic rings. The Morgan fingerprint density at radius 2 is 1.69 bits per heavy atom. The van der Waals surface area contributed by atoms with Crippen molar-refractivity contribution in [3.63, 3.8) is 0 Å². The minimum absolute atomic E-state index is 0.144. The van der Waals surface area contributed by atoms with Gasteiger partial charge in [-0.15, -0.1) is 0 Å². The van der Waals surface area contributed by atoms with E-state index in [0.29, 0.717) is 0 Å². The summed E-state index contributed by atoms with van der Waals surface area (Å²) in [6.45, 7) is 6.22. The first-order chi connectivity index (χ1) is 14.1. The summed E-state index contributed by atoms with van der Waals surface area (Å²) in [4.78, 5) is 0. The maximum atomic E-state index is 5.33. The third-order valence-corrected chi connectivity index (χ3v) is 5.75. The van der Waals surface area contributed by atoms with Crippen LogP contribution in [-0.4, -0.2) is 6.10 Å². The standard InChI is InChI=1S/C18H16.C10H14O/c1-3-7-15-13(5-1)9-11-18-16-8-4-2-6-14(16)10-12-17(15)18;1-8(2)6-10-7-9(3)4-5-11-10/h1,3,5,7,9-12H,2,4,6,8H2;4-7,10H,1-3H3. The van der Waals surface area contributed by atoms with E-state index in [1.165, 1.54) is 58.4 Å². The van der Waals surface area contributed by atoms with E-state index in [2.05, 4.69) is 81.5 Å². The Kier molecular flexibility index (Phi) is 5.85. The van der Waals surface area contributed by atoms with Crippen LogP contribution >= 0.6 is 0 Å². The third-order valence-electron chi connectivity index (χ3n) is 5.75. The normalized spacial score (nSPS) is 17.6. The molecule has 3 aromatic rings. The zero-order valence-electron chi connectivity index (χ0n) is 17.7. The quantitative estimate of drug-likeness (QED) is 0.310. The Balaban J connectivity index is 0.000000161. The lowest BCUT2D eigenvalue weighted by Gasteiger charge is -2.18. The van der Waals surface area contributed by atoms with Crippen LogP contribution in [0.25, 0.3) is 21.5 Å². The molecule has 0 saturated heterocycles. The number of fused-ring (bicyclic) bond motifs is 5. The number of benzene rings is 3. The average molecular weight is 383 g/mol. The van der Waals surface area contributed by atoms with E-state index in [0.717, 1.165) is 0 Å². The van der Waals surface area contributed by atoms with E-state index in [1.54, 1.807) is 17.4 Å². The van der Waals surface area contributed by atoms with E-state index in [-0.39, 0.29) is 6.10 Å². The Morgan fingerprint density at radius 1 is 0.897 bits per heavy atom. The van der Waals surface area contributed by atoms with E-state index in [4.69, 9.17) is 4.74 Å². The molecule has 1 aliphatic heterocycles. The fourth-order valence-corrected chi connectivity index (χ4v) is 4.35. The number of aryl methyl sites for hydroxylation is 2. The molecule has 0 saturated carbocycles. The van der Waals surface area contributed by atoms with E-state index in [1.807, 2.05) is 6.08 Å². The smallest absolute Gasteiger partial charge is 0.135 e. The summed E-state index contributed by atoms with van der Waals surface area (Å²) in [5, 5.41) is 5.64. The molecule has 29 heavy (non-hydrogen) atoms. The first-order valence-corrected chi connectivity index (χ1v) is 10.7. The minimum atomic E-state index is 0.144. The molecule has 0 bridgehead atoms. The molecule has 0 fully saturated rings. The Labute approximate surface area is 174 Å². The molecule has 0 amide bonds. The predicted octanol–water partition coefficient (Wildman–Crippen LogP) is 7.68. The molecule has 1 heteroatoms. The highest BCUT2D eigenvalue weighted by Crippen LogP contribution is 2.33. The van der Waals surface area contributed by atoms with Gasteiger partial charge in [-0.2, -0.15) is 0 Å². The van der Waals surface area contributed by atoms with Crippen LogP contribution in [-0.2, 0) is 17.6 Å². The molecular weight excluding hydrogens is 352 g/mol. The SMILES string of the molecule is CC(C)=CC1C=C(C)C=CO1.c1ccc2c(c1)ccc1c3c(ccc12)CCCC3. The molecule has 148 valence electrons. The van der Waals surface area contributed by atoms with Crippen molar-refractivity contribution in [1.82, 2.24) is 0 Å². The average Bonchev–Trinajstić information content (AvgIpc) is 2.73. The summed E-state index contributed by atoms with van der Waals surface area (Å²) >= 11 is 0. The van der Waals surface area contributed by atoms with Crippen molar-refractivity contribution in [1.29, 1.82) is 0 Å². The number of rotatable bonds is 1. The molecule has 1 nitrogen and oxygen atoms in total. The van der Waals surface area contributed by atoms with Gasteiger partial charge < -0.3 is 4.74 Å². The molecular formula is C28H30O. The van der Waals surface area contributed by atoms with E-state index < -0.39 is 0 Å². The second-order valence-electron chi connectivity index (χ2n) is 8.35. The molecule has 0 N–H and O–H groups in total. The van der Waals surface area contributed by atoms with Crippen LogP contribution in [0, 0.1) is 0 Å². The van der Waals surface area contributed by atoms with Gasteiger partial charge in [0.05, 0.1) is 6.26 Å². The van der Waals surface area contributed by atoms with Gasteiger partial charge in [0.1, 0.15) is 6.10 Å². The summed E-state index contributed by atoms with van der Waals surface area (Å²) in [6.07, 6.45) is 13.3. The van der Waals surface area contributed by atoms with Gasteiger partial charge >= 0.3 is 0 Å². The number of ether oxygens (including phenoxy) is 1. The highest BCUT2D eigenvalue weighted by molar-refractivity contribution is 6.08. The van der Waals surface area contributed by atoms with Crippen molar-refractivity contribution in [2.24, 2.45) is 0 Å². The van der Waals surface area contributed by atoms with Gasteiger partial charge in [-0.05, 0) is 103 Å². The first kappa shape index (κ1) is 19.5. The zero-order chi connectivity index (χ0) is 20.2. The van der Waals surface area contributed by atoms with Gasteiger partial charge in [-0.1, -0.05) is 54.1 Å². The topological polar surface area (TPSA) is 9.23 Å². The first-order valence-electron chi connectivity index (χ1n) is 10.7. The van der Waals surface area contributed by atoms with E-state index in [9.17, 15) is 0 Å². The summed E-state index contributed by atoms with van der Waals surface area (Å²) in [5.41, 5.74) is 5.72. The number of allylic oxidation sites excluding steroid dienone is 3. The maximum absolute atomic E-state index is 5.33. The molecule has 5 rings (SSSR count). The van der Waals surface area contributed by atoms with Crippen LogP contribution in [0.4, 0.5) is 0 Å². The van der Waals surface area contributed by atoms with Crippen molar-refractivity contribution in [2.45, 2.75) is 52.6 Å². The largest absolute Gasteiger partial charge is 0.490 e. The highest BCUT2D eigenvalue weighted by Gasteiger charge is 2.13. The Morgan fingerprint density at radius 3 is 2.52 bits per heavy atom. The van der Waals surface area contributed by atoms with Gasteiger partial charge in [-0.25, -0.2) is 0 Å². The van der Waals surface area contributed by atoms with Crippen LogP contribution in [0.5, 0.6) is 0 Å². The summed E-state index contributed by atoms with van der Waals surface area (Å²) < 4.78 is 5.33. The highest BCUT2D eigenvalue weighted by atomic mass is 16.5. The lowest BCUT2D eigenvalue weighted by Crippen LogP contribution is -2.06. The van der Waals surface area contributed by atoms with Crippen LogP contribution in [0.3, 0.4) is 0 Å². The molecule has 3 aromatic carbocycles. The molecule has 0 radical (unpaired) electrons. The van der Waals surface area contributed by atoms with Gasteiger partial charge in [0.25, 0.3) is 0 Å². The Hall–Kier alpha value is -2.80. The van der Waals surface area contributed by atoms with Gasteiger partial charge in [0.2, 0.25) is 0 Å². The van der Waals surface area contributed by atoms with Crippen molar-refractivity contribution >= 4 is 21.5 Å². The lowest BCUT2D eigenvalue weighted by molar-refractivity contribution is 0.222. The molecule has 0 spiro atoms. The summed E-state index contributed by atoms with van der Waals surface area (Å²) in [6, 6.07) is 18.0. The van der Waals surface area contributed by atoms with Crippen LogP contribution in [0.1, 0.15) is 44.7 Å². The van der Waals surface area contributed by atoms with Crippen molar-refractivity contribution in [2.75, 3.05) is 0 Å². The zero-order valence-corrected chi connectivity index (χ0v) is 17.7. The predicted molar refractivity (Wildman–Crippen MR) is 125 cm³/mol. The van der Waals surface area contributed by atoms with Crippen LogP contribution < -0.4 is 0 Å². The van der Waals surface area contributed by atoms with Gasteiger partial charge in [0, 0.05) is 0 Å². The van der Waals surface area contributed by atoms with Crippen molar-refractivity contribution in [3.05, 3.63) is 95.3 Å². The summed E-state index contributed by atoms with van der Waals surface area (Å²) in [7, 11) is 0. The molecule has 1 aliphatic carbocycles. The van der Waals surface area contributed by atoms with Crippen molar-refractivity contribution < 1.29 is 4.74 Å². The number of hydrogen-bond donors (Lipinski definition) is 0. The van der Waals surface area contributed by atoms with Crippen LogP contribution in [0.15, 0.2) is 84.2 Å². The second kappa shape index (κ2) is 8.69. The number of hydrogen-bond acceptors (Lipinski definition) is 1.